The zero-order valence-corrected chi connectivity index (χ0v) is 13.7. The maximum Gasteiger partial charge on any atom is 0.163 e. The molecule has 0 spiro atoms. The van der Waals surface area contributed by atoms with Crippen molar-refractivity contribution in [2.45, 2.75) is 65.2 Å². The van der Waals surface area contributed by atoms with Crippen molar-refractivity contribution in [3.63, 3.8) is 0 Å². The van der Waals surface area contributed by atoms with E-state index in [1.165, 1.54) is 44.9 Å². The number of unbranched alkanes of at least 4 members (excludes halogenated alkanes) is 7. The Labute approximate surface area is 129 Å². The Balaban J connectivity index is 2.15. The van der Waals surface area contributed by atoms with Crippen molar-refractivity contribution in [1.29, 1.82) is 0 Å². The van der Waals surface area contributed by atoms with Crippen LogP contribution in [0.15, 0.2) is 18.2 Å². The average Bonchev–Trinajstić information content (AvgIpc) is 2.48. The maximum absolute atomic E-state index is 5.81. The summed E-state index contributed by atoms with van der Waals surface area (Å²) in [5, 5.41) is 0. The summed E-state index contributed by atoms with van der Waals surface area (Å²) in [5.74, 6) is 1.55. The van der Waals surface area contributed by atoms with Crippen LogP contribution in [0.4, 0.5) is 5.69 Å². The number of hydrogen-bond donors (Lipinski definition) is 1. The lowest BCUT2D eigenvalue weighted by Crippen LogP contribution is -2.01. The van der Waals surface area contributed by atoms with Gasteiger partial charge >= 0.3 is 0 Å². The topological polar surface area (TPSA) is 44.5 Å². The highest BCUT2D eigenvalue weighted by atomic mass is 16.5. The highest BCUT2D eigenvalue weighted by Crippen LogP contribution is 2.29. The number of hydrogen-bond acceptors (Lipinski definition) is 3. The fraction of sp³-hybridized carbons (Fsp3) is 0.667. The minimum absolute atomic E-state index is 0.623. The van der Waals surface area contributed by atoms with Gasteiger partial charge in [0.25, 0.3) is 0 Å². The van der Waals surface area contributed by atoms with Crippen LogP contribution in [-0.2, 0) is 0 Å². The summed E-state index contributed by atoms with van der Waals surface area (Å²) >= 11 is 0. The number of anilines is 1. The van der Waals surface area contributed by atoms with Crippen molar-refractivity contribution < 1.29 is 9.47 Å². The average molecular weight is 293 g/mol. The van der Waals surface area contributed by atoms with Gasteiger partial charge in [-0.05, 0) is 25.5 Å². The second-order valence-corrected chi connectivity index (χ2v) is 5.46. The summed E-state index contributed by atoms with van der Waals surface area (Å²) in [6.45, 7) is 5.59. The molecule has 1 aromatic rings. The summed E-state index contributed by atoms with van der Waals surface area (Å²) in [7, 11) is 0. The van der Waals surface area contributed by atoms with E-state index in [0.717, 1.165) is 24.5 Å². The molecular weight excluding hydrogens is 262 g/mol. The highest BCUT2D eigenvalue weighted by molar-refractivity contribution is 5.51. The summed E-state index contributed by atoms with van der Waals surface area (Å²) in [5.41, 5.74) is 6.47. The third kappa shape index (κ3) is 7.84. The third-order valence-corrected chi connectivity index (χ3v) is 3.52. The third-order valence-electron chi connectivity index (χ3n) is 3.52. The van der Waals surface area contributed by atoms with Crippen LogP contribution in [-0.4, -0.2) is 13.2 Å². The molecule has 3 nitrogen and oxygen atoms in total. The Kier molecular flexibility index (Phi) is 9.51. The summed E-state index contributed by atoms with van der Waals surface area (Å²) in [6, 6.07) is 5.57. The first-order valence-electron chi connectivity index (χ1n) is 8.43. The van der Waals surface area contributed by atoms with Crippen LogP contribution in [0.25, 0.3) is 0 Å². The normalized spacial score (nSPS) is 10.6. The predicted molar refractivity (Wildman–Crippen MR) is 90.1 cm³/mol. The van der Waals surface area contributed by atoms with Gasteiger partial charge in [0, 0.05) is 11.8 Å². The zero-order chi connectivity index (χ0) is 15.3. The largest absolute Gasteiger partial charge is 0.490 e. The molecular formula is C18H31NO2. The van der Waals surface area contributed by atoms with Crippen LogP contribution in [0.3, 0.4) is 0 Å². The molecule has 3 heteroatoms. The highest BCUT2D eigenvalue weighted by Gasteiger charge is 2.05. The van der Waals surface area contributed by atoms with Gasteiger partial charge in [-0.1, -0.05) is 51.9 Å². The van der Waals surface area contributed by atoms with E-state index in [-0.39, 0.29) is 0 Å². The van der Waals surface area contributed by atoms with Gasteiger partial charge in [0.15, 0.2) is 11.5 Å². The molecule has 0 aliphatic rings. The van der Waals surface area contributed by atoms with E-state index < -0.39 is 0 Å². The van der Waals surface area contributed by atoms with Crippen LogP contribution < -0.4 is 15.2 Å². The molecule has 1 rings (SSSR count). The van der Waals surface area contributed by atoms with Crippen LogP contribution >= 0.6 is 0 Å². The standard InChI is InChI=1S/C18H31NO2/c1-3-5-6-7-8-9-10-11-14-21-17-13-12-16(19)15-18(17)20-4-2/h12-13,15H,3-11,14,19H2,1-2H3. The van der Waals surface area contributed by atoms with Gasteiger partial charge in [-0.15, -0.1) is 0 Å². The van der Waals surface area contributed by atoms with Crippen molar-refractivity contribution in [3.8, 4) is 11.5 Å². The second kappa shape index (κ2) is 11.3. The minimum atomic E-state index is 0.623. The van der Waals surface area contributed by atoms with Crippen LogP contribution in [0.5, 0.6) is 11.5 Å². The van der Waals surface area contributed by atoms with E-state index in [4.69, 9.17) is 15.2 Å². The Bertz CT molecular complexity index is 379. The predicted octanol–water partition coefficient (Wildman–Crippen LogP) is 5.19. The number of nitrogen functional groups attached to an aromatic ring is 1. The molecule has 0 saturated carbocycles. The number of nitrogens with two attached hydrogens (primary N) is 1. The first-order chi connectivity index (χ1) is 10.3. The van der Waals surface area contributed by atoms with Gasteiger partial charge in [-0.25, -0.2) is 0 Å². The molecule has 0 saturated heterocycles. The van der Waals surface area contributed by atoms with Gasteiger partial charge in [0.2, 0.25) is 0 Å². The summed E-state index contributed by atoms with van der Waals surface area (Å²) < 4.78 is 11.4. The molecule has 1 aromatic carbocycles. The van der Waals surface area contributed by atoms with Crippen molar-refractivity contribution in [2.24, 2.45) is 0 Å². The van der Waals surface area contributed by atoms with E-state index in [2.05, 4.69) is 6.92 Å². The molecule has 0 heterocycles. The summed E-state index contributed by atoms with van der Waals surface area (Å²) in [6.07, 6.45) is 10.5. The lowest BCUT2D eigenvalue weighted by molar-refractivity contribution is 0.270. The Hall–Kier alpha value is -1.38. The van der Waals surface area contributed by atoms with Gasteiger partial charge in [-0.2, -0.15) is 0 Å². The Morgan fingerprint density at radius 2 is 1.48 bits per heavy atom. The molecule has 0 aliphatic carbocycles. The van der Waals surface area contributed by atoms with Crippen LogP contribution in [0.2, 0.25) is 0 Å². The van der Waals surface area contributed by atoms with Gasteiger partial charge < -0.3 is 15.2 Å². The lowest BCUT2D eigenvalue weighted by atomic mass is 10.1. The lowest BCUT2D eigenvalue weighted by Gasteiger charge is -2.12. The molecule has 0 fully saturated rings. The quantitative estimate of drug-likeness (QED) is 0.426. The fourth-order valence-electron chi connectivity index (χ4n) is 2.33. The van der Waals surface area contributed by atoms with E-state index in [1.807, 2.05) is 25.1 Å². The maximum atomic E-state index is 5.81. The molecule has 2 N–H and O–H groups in total. The first-order valence-corrected chi connectivity index (χ1v) is 8.43. The zero-order valence-electron chi connectivity index (χ0n) is 13.7. The molecule has 21 heavy (non-hydrogen) atoms. The first kappa shape index (κ1) is 17.7. The van der Waals surface area contributed by atoms with Crippen molar-refractivity contribution >= 4 is 5.69 Å². The van der Waals surface area contributed by atoms with Crippen molar-refractivity contribution in [1.82, 2.24) is 0 Å². The molecule has 120 valence electrons. The van der Waals surface area contributed by atoms with Crippen LogP contribution in [0, 0.1) is 0 Å². The molecule has 0 atom stereocenters. The molecule has 0 unspecified atom stereocenters. The van der Waals surface area contributed by atoms with Gasteiger partial charge in [-0.3, -0.25) is 0 Å². The Morgan fingerprint density at radius 1 is 0.810 bits per heavy atom. The SMILES string of the molecule is CCCCCCCCCCOc1ccc(N)cc1OCC. The van der Waals surface area contributed by atoms with Crippen molar-refractivity contribution in [3.05, 3.63) is 18.2 Å². The summed E-state index contributed by atoms with van der Waals surface area (Å²) in [4.78, 5) is 0. The van der Waals surface area contributed by atoms with E-state index in [0.29, 0.717) is 12.3 Å². The number of ether oxygens (including phenoxy) is 2. The molecule has 0 aliphatic heterocycles. The van der Waals surface area contributed by atoms with Crippen molar-refractivity contribution in [2.75, 3.05) is 18.9 Å². The van der Waals surface area contributed by atoms with Crippen LogP contribution in [0.1, 0.15) is 65.2 Å². The van der Waals surface area contributed by atoms with E-state index in [1.54, 1.807) is 0 Å². The molecule has 0 bridgehead atoms. The van der Waals surface area contributed by atoms with E-state index in [9.17, 15) is 0 Å². The fourth-order valence-corrected chi connectivity index (χ4v) is 2.33. The van der Waals surface area contributed by atoms with E-state index >= 15 is 0 Å². The second-order valence-electron chi connectivity index (χ2n) is 5.46. The minimum Gasteiger partial charge on any atom is -0.490 e. The molecule has 0 aromatic heterocycles. The van der Waals surface area contributed by atoms with Gasteiger partial charge in [0.05, 0.1) is 13.2 Å². The monoisotopic (exact) mass is 293 g/mol. The smallest absolute Gasteiger partial charge is 0.163 e. The Morgan fingerprint density at radius 3 is 2.14 bits per heavy atom. The number of benzene rings is 1. The molecule has 0 radical (unpaired) electrons. The van der Waals surface area contributed by atoms with Gasteiger partial charge in [0.1, 0.15) is 0 Å². The molecule has 0 amide bonds. The number of rotatable bonds is 12.